The molecule has 4 heteroatoms. The second kappa shape index (κ2) is 5.37. The first-order valence-corrected chi connectivity index (χ1v) is 7.31. The van der Waals surface area contributed by atoms with Gasteiger partial charge in [0, 0.05) is 22.7 Å². The number of aliphatic hydroxyl groups excluding tert-OH is 1. The van der Waals surface area contributed by atoms with Gasteiger partial charge in [-0.05, 0) is 19.8 Å². The number of anilines is 1. The molecule has 3 rings (SSSR count). The van der Waals surface area contributed by atoms with E-state index in [2.05, 4.69) is 27.6 Å². The van der Waals surface area contributed by atoms with E-state index < -0.39 is 0 Å². The van der Waals surface area contributed by atoms with Crippen LogP contribution < -0.4 is 5.32 Å². The van der Waals surface area contributed by atoms with Crippen LogP contribution in [0.1, 0.15) is 31.4 Å². The molecule has 0 atom stereocenters. The van der Waals surface area contributed by atoms with Crippen LogP contribution in [0.5, 0.6) is 0 Å². The van der Waals surface area contributed by atoms with Crippen molar-refractivity contribution in [3.63, 3.8) is 0 Å². The largest absolute Gasteiger partial charge is 0.396 e. The Labute approximate surface area is 119 Å². The van der Waals surface area contributed by atoms with E-state index in [1.807, 2.05) is 19.1 Å². The highest BCUT2D eigenvalue weighted by Gasteiger charge is 2.33. The van der Waals surface area contributed by atoms with Crippen molar-refractivity contribution in [1.82, 2.24) is 10.2 Å². The smallest absolute Gasteiger partial charge is 0.156 e. The van der Waals surface area contributed by atoms with Gasteiger partial charge in [-0.3, -0.25) is 0 Å². The van der Waals surface area contributed by atoms with Crippen molar-refractivity contribution in [2.24, 2.45) is 5.41 Å². The van der Waals surface area contributed by atoms with Gasteiger partial charge < -0.3 is 10.4 Å². The summed E-state index contributed by atoms with van der Waals surface area (Å²) in [6.07, 6.45) is 4.60. The summed E-state index contributed by atoms with van der Waals surface area (Å²) in [7, 11) is 0. The van der Waals surface area contributed by atoms with Crippen molar-refractivity contribution < 1.29 is 5.11 Å². The average molecular weight is 271 g/mol. The van der Waals surface area contributed by atoms with Gasteiger partial charge >= 0.3 is 0 Å². The summed E-state index contributed by atoms with van der Waals surface area (Å²) in [5.74, 6) is 0.825. The number of nitrogens with one attached hydrogen (secondary N) is 1. The lowest BCUT2D eigenvalue weighted by Crippen LogP contribution is -2.30. The first kappa shape index (κ1) is 13.3. The van der Waals surface area contributed by atoms with E-state index >= 15 is 0 Å². The molecule has 1 fully saturated rings. The summed E-state index contributed by atoms with van der Waals surface area (Å²) < 4.78 is 0. The number of fused-ring (bicyclic) bond motifs is 1. The van der Waals surface area contributed by atoms with E-state index in [0.29, 0.717) is 0 Å². The van der Waals surface area contributed by atoms with Crippen molar-refractivity contribution in [1.29, 1.82) is 0 Å². The third-order valence-electron chi connectivity index (χ3n) is 4.50. The van der Waals surface area contributed by atoms with E-state index in [0.717, 1.165) is 41.7 Å². The second-order valence-electron chi connectivity index (χ2n) is 5.90. The molecule has 1 aliphatic rings. The Morgan fingerprint density at radius 2 is 1.85 bits per heavy atom. The summed E-state index contributed by atoms with van der Waals surface area (Å²) in [6.45, 7) is 2.99. The molecule has 0 saturated heterocycles. The van der Waals surface area contributed by atoms with Gasteiger partial charge in [-0.2, -0.15) is 5.10 Å². The number of aryl methyl sites for hydroxylation is 1. The van der Waals surface area contributed by atoms with E-state index in [-0.39, 0.29) is 12.0 Å². The number of hydrogen-bond donors (Lipinski definition) is 2. The monoisotopic (exact) mass is 271 g/mol. The fourth-order valence-corrected chi connectivity index (χ4v) is 3.16. The SMILES string of the molecule is Cc1nnc(NCC2(CO)CCCC2)c2ccccc12. The molecule has 1 heterocycles. The quantitative estimate of drug-likeness (QED) is 0.897. The van der Waals surface area contributed by atoms with Crippen LogP contribution in [0.25, 0.3) is 10.8 Å². The normalized spacial score (nSPS) is 17.5. The minimum Gasteiger partial charge on any atom is -0.396 e. The molecule has 1 saturated carbocycles. The molecule has 1 aliphatic carbocycles. The zero-order valence-electron chi connectivity index (χ0n) is 11.9. The van der Waals surface area contributed by atoms with Gasteiger partial charge in [-0.15, -0.1) is 5.10 Å². The molecule has 1 aromatic carbocycles. The molecule has 20 heavy (non-hydrogen) atoms. The maximum atomic E-state index is 9.68. The maximum Gasteiger partial charge on any atom is 0.156 e. The van der Waals surface area contributed by atoms with Crippen molar-refractivity contribution in [2.75, 3.05) is 18.5 Å². The third kappa shape index (κ3) is 2.36. The summed E-state index contributed by atoms with van der Waals surface area (Å²) in [5.41, 5.74) is 0.970. The lowest BCUT2D eigenvalue weighted by molar-refractivity contribution is 0.142. The molecule has 2 N–H and O–H groups in total. The molecule has 0 aliphatic heterocycles. The second-order valence-corrected chi connectivity index (χ2v) is 5.90. The first-order chi connectivity index (χ1) is 9.74. The zero-order valence-corrected chi connectivity index (χ0v) is 11.9. The summed E-state index contributed by atoms with van der Waals surface area (Å²) in [4.78, 5) is 0. The number of nitrogens with zero attached hydrogens (tertiary/aromatic N) is 2. The molecule has 0 unspecified atom stereocenters. The maximum absolute atomic E-state index is 9.68. The van der Waals surface area contributed by atoms with Crippen molar-refractivity contribution in [3.05, 3.63) is 30.0 Å². The zero-order chi connectivity index (χ0) is 14.0. The molecular formula is C16H21N3O. The summed E-state index contributed by atoms with van der Waals surface area (Å²) in [6, 6.07) is 8.18. The molecule has 1 aromatic heterocycles. The fourth-order valence-electron chi connectivity index (χ4n) is 3.16. The third-order valence-corrected chi connectivity index (χ3v) is 4.50. The number of aromatic nitrogens is 2. The van der Waals surface area contributed by atoms with Gasteiger partial charge in [-0.25, -0.2) is 0 Å². The van der Waals surface area contributed by atoms with E-state index in [9.17, 15) is 5.11 Å². The molecule has 0 bridgehead atoms. The highest BCUT2D eigenvalue weighted by Crippen LogP contribution is 2.38. The van der Waals surface area contributed by atoms with Crippen molar-refractivity contribution in [2.45, 2.75) is 32.6 Å². The number of aliphatic hydroxyl groups is 1. The van der Waals surface area contributed by atoms with Crippen molar-refractivity contribution >= 4 is 16.6 Å². The number of rotatable bonds is 4. The van der Waals surface area contributed by atoms with Crippen molar-refractivity contribution in [3.8, 4) is 0 Å². The van der Waals surface area contributed by atoms with Crippen LogP contribution in [-0.4, -0.2) is 28.5 Å². The Morgan fingerprint density at radius 1 is 1.15 bits per heavy atom. The highest BCUT2D eigenvalue weighted by atomic mass is 16.3. The molecule has 0 radical (unpaired) electrons. The van der Waals surface area contributed by atoms with Crippen LogP contribution in [-0.2, 0) is 0 Å². The molecule has 106 valence electrons. The van der Waals surface area contributed by atoms with Crippen LogP contribution in [0, 0.1) is 12.3 Å². The van der Waals surface area contributed by atoms with Crippen LogP contribution in [0.4, 0.5) is 5.82 Å². The first-order valence-electron chi connectivity index (χ1n) is 7.31. The molecular weight excluding hydrogens is 250 g/mol. The molecule has 0 amide bonds. The van der Waals surface area contributed by atoms with E-state index in [1.165, 1.54) is 12.8 Å². The Balaban J connectivity index is 1.86. The highest BCUT2D eigenvalue weighted by molar-refractivity contribution is 5.92. The fraction of sp³-hybridized carbons (Fsp3) is 0.500. The topological polar surface area (TPSA) is 58.0 Å². The Kier molecular flexibility index (Phi) is 3.57. The number of hydrogen-bond acceptors (Lipinski definition) is 4. The Hall–Kier alpha value is -1.68. The van der Waals surface area contributed by atoms with Crippen LogP contribution in [0.3, 0.4) is 0 Å². The minimum absolute atomic E-state index is 0.0215. The van der Waals surface area contributed by atoms with E-state index in [1.54, 1.807) is 0 Å². The summed E-state index contributed by atoms with van der Waals surface area (Å²) in [5, 5.41) is 23.8. The number of benzene rings is 1. The lowest BCUT2D eigenvalue weighted by atomic mass is 9.87. The van der Waals surface area contributed by atoms with Crippen LogP contribution in [0.15, 0.2) is 24.3 Å². The van der Waals surface area contributed by atoms with Gasteiger partial charge in [0.2, 0.25) is 0 Å². The van der Waals surface area contributed by atoms with Gasteiger partial charge in [-0.1, -0.05) is 37.1 Å². The Morgan fingerprint density at radius 3 is 2.55 bits per heavy atom. The summed E-state index contributed by atoms with van der Waals surface area (Å²) >= 11 is 0. The van der Waals surface area contributed by atoms with Gasteiger partial charge in [0.25, 0.3) is 0 Å². The predicted octanol–water partition coefficient (Wildman–Crippen LogP) is 2.90. The minimum atomic E-state index is 0.0215. The van der Waals surface area contributed by atoms with Gasteiger partial charge in [0.1, 0.15) is 0 Å². The molecule has 0 spiro atoms. The lowest BCUT2D eigenvalue weighted by Gasteiger charge is -2.27. The van der Waals surface area contributed by atoms with Gasteiger partial charge in [0.15, 0.2) is 5.82 Å². The molecule has 4 nitrogen and oxygen atoms in total. The molecule has 2 aromatic rings. The van der Waals surface area contributed by atoms with Crippen LogP contribution >= 0.6 is 0 Å². The van der Waals surface area contributed by atoms with Crippen LogP contribution in [0.2, 0.25) is 0 Å². The average Bonchev–Trinajstić information content (AvgIpc) is 2.96. The van der Waals surface area contributed by atoms with E-state index in [4.69, 9.17) is 0 Å². The van der Waals surface area contributed by atoms with Gasteiger partial charge in [0.05, 0.1) is 12.3 Å². The predicted molar refractivity (Wildman–Crippen MR) is 80.8 cm³/mol. The standard InChI is InChI=1S/C16H21N3O/c1-12-13-6-2-3-7-14(13)15(19-18-12)17-10-16(11-20)8-4-5-9-16/h2-3,6-7,20H,4-5,8-11H2,1H3,(H,17,19). The Bertz CT molecular complexity index is 606.